The molecule has 16 heavy (non-hydrogen) atoms. The summed E-state index contributed by atoms with van der Waals surface area (Å²) in [6, 6.07) is 9.15. The van der Waals surface area contributed by atoms with Gasteiger partial charge in [-0.3, -0.25) is 0 Å². The summed E-state index contributed by atoms with van der Waals surface area (Å²) in [7, 11) is 1.98. The molecule has 1 aromatic rings. The lowest BCUT2D eigenvalue weighted by Gasteiger charge is -2.16. The van der Waals surface area contributed by atoms with E-state index in [9.17, 15) is 0 Å². The smallest absolute Gasteiger partial charge is 0.0521 e. The fourth-order valence-electron chi connectivity index (χ4n) is 1.60. The number of thioether (sulfide) groups is 1. The van der Waals surface area contributed by atoms with Crippen LogP contribution in [0, 0.1) is 0 Å². The first-order chi connectivity index (χ1) is 7.81. The Labute approximate surface area is 102 Å². The Balaban J connectivity index is 2.56. The zero-order chi connectivity index (χ0) is 11.8. The number of aryl methyl sites for hydroxylation is 1. The summed E-state index contributed by atoms with van der Waals surface area (Å²) in [5.74, 6) is 1.81. The van der Waals surface area contributed by atoms with Crippen LogP contribution in [-0.4, -0.2) is 30.3 Å². The first-order valence-electron chi connectivity index (χ1n) is 5.76. The lowest BCUT2D eigenvalue weighted by molar-refractivity contribution is 0.322. The van der Waals surface area contributed by atoms with Crippen LogP contribution in [0.1, 0.15) is 24.1 Å². The van der Waals surface area contributed by atoms with Gasteiger partial charge in [-0.05, 0) is 24.6 Å². The average Bonchev–Trinajstić information content (AvgIpc) is 2.35. The molecule has 0 amide bonds. The molecular weight excluding hydrogens is 218 g/mol. The third-order valence-corrected chi connectivity index (χ3v) is 3.70. The van der Waals surface area contributed by atoms with Gasteiger partial charge in [0.25, 0.3) is 0 Å². The normalized spacial score (nSPS) is 12.7. The largest absolute Gasteiger partial charge is 0.396 e. The van der Waals surface area contributed by atoms with Gasteiger partial charge in [-0.25, -0.2) is 0 Å². The molecule has 1 aromatic carbocycles. The summed E-state index contributed by atoms with van der Waals surface area (Å²) in [5.41, 5.74) is 2.70. The van der Waals surface area contributed by atoms with E-state index < -0.39 is 0 Å². The molecule has 0 saturated carbocycles. The van der Waals surface area contributed by atoms with Crippen molar-refractivity contribution < 1.29 is 5.11 Å². The highest BCUT2D eigenvalue weighted by Gasteiger charge is 2.08. The molecule has 0 spiro atoms. The van der Waals surface area contributed by atoms with Gasteiger partial charge in [0.15, 0.2) is 0 Å². The highest BCUT2D eigenvalue weighted by molar-refractivity contribution is 7.99. The van der Waals surface area contributed by atoms with E-state index in [1.165, 1.54) is 11.1 Å². The Morgan fingerprint density at radius 1 is 1.31 bits per heavy atom. The van der Waals surface area contributed by atoms with Crippen LogP contribution >= 0.6 is 11.8 Å². The molecular formula is C13H21NOS. The van der Waals surface area contributed by atoms with Crippen LogP contribution in [0.4, 0.5) is 0 Å². The van der Waals surface area contributed by atoms with Crippen molar-refractivity contribution in [3.63, 3.8) is 0 Å². The highest BCUT2D eigenvalue weighted by Crippen LogP contribution is 2.18. The van der Waals surface area contributed by atoms with Crippen molar-refractivity contribution in [2.24, 2.45) is 0 Å². The van der Waals surface area contributed by atoms with E-state index in [2.05, 4.69) is 36.5 Å². The number of aliphatic hydroxyl groups excluding tert-OH is 1. The summed E-state index contributed by atoms with van der Waals surface area (Å²) < 4.78 is 0. The van der Waals surface area contributed by atoms with Crippen molar-refractivity contribution in [3.8, 4) is 0 Å². The molecule has 3 heteroatoms. The summed E-state index contributed by atoms with van der Waals surface area (Å²) in [5, 5.41) is 12.1. The molecule has 0 aliphatic heterocycles. The predicted molar refractivity (Wildman–Crippen MR) is 72.0 cm³/mol. The minimum atomic E-state index is 0.260. The predicted octanol–water partition coefficient (Wildman–Crippen LogP) is 2.23. The number of nitrogens with one attached hydrogen (secondary N) is 1. The Morgan fingerprint density at radius 3 is 2.50 bits per heavy atom. The molecule has 1 atom stereocenters. The van der Waals surface area contributed by atoms with Crippen LogP contribution in [0.25, 0.3) is 0 Å². The number of hydrogen-bond acceptors (Lipinski definition) is 3. The molecule has 0 bridgehead atoms. The van der Waals surface area contributed by atoms with Crippen molar-refractivity contribution in [1.29, 1.82) is 0 Å². The van der Waals surface area contributed by atoms with Gasteiger partial charge in [0, 0.05) is 17.5 Å². The van der Waals surface area contributed by atoms with Crippen molar-refractivity contribution in [2.75, 3.05) is 25.2 Å². The van der Waals surface area contributed by atoms with E-state index >= 15 is 0 Å². The fourth-order valence-corrected chi connectivity index (χ4v) is 2.49. The van der Waals surface area contributed by atoms with Gasteiger partial charge >= 0.3 is 0 Å². The average molecular weight is 239 g/mol. The maximum atomic E-state index is 8.75. The molecule has 0 fully saturated rings. The topological polar surface area (TPSA) is 32.3 Å². The standard InChI is InChI=1S/C13H21NOS/c1-3-11-4-6-12(7-5-11)13(14-2)10-16-9-8-15/h4-7,13-15H,3,8-10H2,1-2H3. The van der Waals surface area contributed by atoms with E-state index in [4.69, 9.17) is 5.11 Å². The monoisotopic (exact) mass is 239 g/mol. The quantitative estimate of drug-likeness (QED) is 0.716. The molecule has 2 nitrogen and oxygen atoms in total. The van der Waals surface area contributed by atoms with Crippen molar-refractivity contribution in [3.05, 3.63) is 35.4 Å². The Bertz CT molecular complexity index is 286. The van der Waals surface area contributed by atoms with E-state index in [0.717, 1.165) is 17.9 Å². The second-order valence-electron chi connectivity index (χ2n) is 3.73. The van der Waals surface area contributed by atoms with E-state index in [1.54, 1.807) is 11.8 Å². The zero-order valence-corrected chi connectivity index (χ0v) is 10.9. The Morgan fingerprint density at radius 2 is 2.00 bits per heavy atom. The van der Waals surface area contributed by atoms with Gasteiger partial charge in [0.05, 0.1) is 6.61 Å². The number of rotatable bonds is 7. The molecule has 0 aromatic heterocycles. The van der Waals surface area contributed by atoms with Crippen molar-refractivity contribution in [1.82, 2.24) is 5.32 Å². The van der Waals surface area contributed by atoms with Gasteiger partial charge in [-0.1, -0.05) is 31.2 Å². The van der Waals surface area contributed by atoms with Crippen LogP contribution in [0.15, 0.2) is 24.3 Å². The molecule has 0 heterocycles. The van der Waals surface area contributed by atoms with E-state index in [0.29, 0.717) is 6.04 Å². The third kappa shape index (κ3) is 4.16. The number of benzene rings is 1. The summed E-state index contributed by atoms with van der Waals surface area (Å²) in [4.78, 5) is 0. The molecule has 90 valence electrons. The van der Waals surface area contributed by atoms with E-state index in [1.807, 2.05) is 7.05 Å². The molecule has 1 rings (SSSR count). The first-order valence-corrected chi connectivity index (χ1v) is 6.92. The first kappa shape index (κ1) is 13.6. The lowest BCUT2D eigenvalue weighted by atomic mass is 10.1. The van der Waals surface area contributed by atoms with Crippen LogP contribution in [0.5, 0.6) is 0 Å². The van der Waals surface area contributed by atoms with Gasteiger partial charge < -0.3 is 10.4 Å². The van der Waals surface area contributed by atoms with Gasteiger partial charge in [0.1, 0.15) is 0 Å². The summed E-state index contributed by atoms with van der Waals surface area (Å²) >= 11 is 1.78. The van der Waals surface area contributed by atoms with Crippen molar-refractivity contribution >= 4 is 11.8 Å². The van der Waals surface area contributed by atoms with Gasteiger partial charge in [0.2, 0.25) is 0 Å². The minimum absolute atomic E-state index is 0.260. The van der Waals surface area contributed by atoms with E-state index in [-0.39, 0.29) is 6.61 Å². The van der Waals surface area contributed by atoms with Gasteiger partial charge in [-0.15, -0.1) is 0 Å². The Kier molecular flexibility index (Phi) is 6.53. The van der Waals surface area contributed by atoms with Crippen LogP contribution in [0.3, 0.4) is 0 Å². The Hall–Kier alpha value is -0.510. The lowest BCUT2D eigenvalue weighted by Crippen LogP contribution is -2.19. The third-order valence-electron chi connectivity index (χ3n) is 2.66. The number of hydrogen-bond donors (Lipinski definition) is 2. The molecule has 0 aliphatic rings. The SMILES string of the molecule is CCc1ccc(C(CSCCO)NC)cc1. The molecule has 0 aliphatic carbocycles. The summed E-state index contributed by atoms with van der Waals surface area (Å²) in [6.07, 6.45) is 1.09. The fraction of sp³-hybridized carbons (Fsp3) is 0.538. The maximum absolute atomic E-state index is 8.75. The van der Waals surface area contributed by atoms with Crippen LogP contribution < -0.4 is 5.32 Å². The molecule has 1 unspecified atom stereocenters. The second kappa shape index (κ2) is 7.71. The molecule has 2 N–H and O–H groups in total. The zero-order valence-electron chi connectivity index (χ0n) is 10.1. The maximum Gasteiger partial charge on any atom is 0.0521 e. The highest BCUT2D eigenvalue weighted by atomic mass is 32.2. The summed E-state index contributed by atoms with van der Waals surface area (Å²) in [6.45, 7) is 2.43. The molecule has 0 saturated heterocycles. The van der Waals surface area contributed by atoms with Crippen LogP contribution in [0.2, 0.25) is 0 Å². The number of aliphatic hydroxyl groups is 1. The van der Waals surface area contributed by atoms with Gasteiger partial charge in [-0.2, -0.15) is 11.8 Å². The minimum Gasteiger partial charge on any atom is -0.396 e. The van der Waals surface area contributed by atoms with Crippen molar-refractivity contribution in [2.45, 2.75) is 19.4 Å². The molecule has 0 radical (unpaired) electrons. The van der Waals surface area contributed by atoms with Crippen LogP contribution in [-0.2, 0) is 6.42 Å². The second-order valence-corrected chi connectivity index (χ2v) is 4.88.